The quantitative estimate of drug-likeness (QED) is 0.172. The number of hydrogen-bond donors (Lipinski definition) is 0. The number of halogens is 3. The van der Waals surface area contributed by atoms with E-state index in [1.165, 1.54) is 17.9 Å². The van der Waals surface area contributed by atoms with E-state index in [0.29, 0.717) is 5.69 Å². The predicted octanol–water partition coefficient (Wildman–Crippen LogP) is 8.11. The fourth-order valence-corrected chi connectivity index (χ4v) is 4.65. The van der Waals surface area contributed by atoms with Crippen molar-refractivity contribution in [1.82, 2.24) is 24.1 Å². The molecule has 9 heteroatoms. The minimum absolute atomic E-state index is 0.187. The molecule has 0 radical (unpaired) electrons. The molecule has 3 heterocycles. The Morgan fingerprint density at radius 3 is 1.76 bits per heavy atom. The average Bonchev–Trinajstić information content (AvgIpc) is 3.56. The molecule has 0 fully saturated rings. The maximum absolute atomic E-state index is 13.2. The van der Waals surface area contributed by atoms with Crippen LogP contribution in [0.25, 0.3) is 56.1 Å². The molecule has 0 bridgehead atoms. The molecule has 0 atom stereocenters. The van der Waals surface area contributed by atoms with Crippen LogP contribution < -0.4 is 0 Å². The van der Waals surface area contributed by atoms with Crippen molar-refractivity contribution < 1.29 is 26.7 Å². The van der Waals surface area contributed by atoms with Gasteiger partial charge in [-0.25, -0.2) is 0 Å². The molecule has 0 spiro atoms. The van der Waals surface area contributed by atoms with Gasteiger partial charge in [-0.15, -0.1) is 36.4 Å². The predicted molar refractivity (Wildman–Crippen MR) is 159 cm³/mol. The average molecular weight is 755 g/mol. The summed E-state index contributed by atoms with van der Waals surface area (Å²) in [4.78, 5) is 13.5. The van der Waals surface area contributed by atoms with Crippen molar-refractivity contribution in [3.63, 3.8) is 0 Å². The van der Waals surface area contributed by atoms with Gasteiger partial charge in [-0.3, -0.25) is 18.7 Å². The van der Waals surface area contributed by atoms with Gasteiger partial charge in [0.15, 0.2) is 0 Å². The van der Waals surface area contributed by atoms with Gasteiger partial charge in [0.2, 0.25) is 0 Å². The van der Waals surface area contributed by atoms with E-state index in [1.54, 1.807) is 24.4 Å². The molecule has 0 unspecified atom stereocenters. The Hall–Kier alpha value is -4.23. The van der Waals surface area contributed by atoms with Crippen LogP contribution in [-0.2, 0) is 32.0 Å². The van der Waals surface area contributed by atoms with Crippen molar-refractivity contribution >= 4 is 31.7 Å². The molecule has 0 aliphatic rings. The summed E-state index contributed by atoms with van der Waals surface area (Å²) in [6.07, 6.45) is 1.55. The normalized spacial score (nSPS) is 10.6. The van der Waals surface area contributed by atoms with Crippen molar-refractivity contribution in [2.24, 2.45) is 14.1 Å². The number of rotatable bonds is 3. The summed E-state index contributed by atoms with van der Waals surface area (Å²) in [5, 5.41) is 0. The number of nitrogens with zero attached hydrogens (tertiary/aromatic N) is 5. The minimum atomic E-state index is -0.649. The number of fused-ring (bicyclic) bond motifs is 2. The fraction of sp³-hybridized carbons (Fsp3) is 0.0606. The van der Waals surface area contributed by atoms with E-state index in [2.05, 4.69) is 48.0 Å². The van der Waals surface area contributed by atoms with E-state index in [0.717, 1.165) is 57.0 Å². The molecule has 3 aromatic heterocycles. The molecule has 0 saturated carbocycles. The zero-order valence-electron chi connectivity index (χ0n) is 22.5. The number of hydrogen-bond acceptors (Lipinski definition) is 3. The van der Waals surface area contributed by atoms with Crippen molar-refractivity contribution in [3.05, 3.63) is 127 Å². The second kappa shape index (κ2) is 13.2. The first-order valence-corrected chi connectivity index (χ1v) is 15.7. The van der Waals surface area contributed by atoms with Crippen molar-refractivity contribution in [1.29, 1.82) is 0 Å². The molecule has 0 aliphatic carbocycles. The Kier molecular flexibility index (Phi) is 9.18. The molecule has 7 aromatic rings. The van der Waals surface area contributed by atoms with Gasteiger partial charge in [0.05, 0.1) is 33.7 Å². The number of para-hydroxylation sites is 4. The van der Waals surface area contributed by atoms with Crippen LogP contribution >= 0.6 is 9.58 Å². The second-order valence-electron chi connectivity index (χ2n) is 9.20. The van der Waals surface area contributed by atoms with Gasteiger partial charge in [-0.2, -0.15) is 0 Å². The molecule has 5 nitrogen and oxygen atoms in total. The summed E-state index contributed by atoms with van der Waals surface area (Å²) in [6.45, 7) is 0. The van der Waals surface area contributed by atoms with E-state index >= 15 is 0 Å². The molecule has 4 aromatic carbocycles. The zero-order chi connectivity index (χ0) is 29.6. The van der Waals surface area contributed by atoms with Gasteiger partial charge in [0.1, 0.15) is 0 Å². The Bertz CT molecular complexity index is 1880. The van der Waals surface area contributed by atoms with Crippen LogP contribution in [0.2, 0.25) is 0 Å². The first kappa shape index (κ1) is 29.3. The van der Waals surface area contributed by atoms with Crippen LogP contribution in [0.4, 0.5) is 8.78 Å². The molecule has 0 saturated heterocycles. The topological polar surface area (TPSA) is 48.5 Å². The molecule has 0 aliphatic heterocycles. The third kappa shape index (κ3) is 6.02. The van der Waals surface area contributed by atoms with Gasteiger partial charge in [-0.05, 0) is 36.0 Å². The van der Waals surface area contributed by atoms with Gasteiger partial charge < -0.3 is 14.1 Å². The van der Waals surface area contributed by atoms with Crippen LogP contribution in [0.5, 0.6) is 0 Å². The summed E-state index contributed by atoms with van der Waals surface area (Å²) in [7, 11) is 8.72. The fourth-order valence-electron chi connectivity index (χ4n) is 4.65. The van der Waals surface area contributed by atoms with E-state index in [-0.39, 0.29) is 5.56 Å². The van der Waals surface area contributed by atoms with Crippen LogP contribution in [0.3, 0.4) is 0 Å². The monoisotopic (exact) mass is 755 g/mol. The zero-order valence-corrected chi connectivity index (χ0v) is 25.7. The summed E-state index contributed by atoms with van der Waals surface area (Å²) in [6, 6.07) is 35.5. The number of pyridine rings is 1. The van der Waals surface area contributed by atoms with Gasteiger partial charge in [0.25, 0.3) is 0 Å². The summed E-state index contributed by atoms with van der Waals surface area (Å²) >= 11 is 1.47. The van der Waals surface area contributed by atoms with Crippen molar-refractivity contribution in [2.75, 3.05) is 0 Å². The van der Waals surface area contributed by atoms with Crippen LogP contribution in [0.15, 0.2) is 103 Å². The molecule has 7 rings (SSSR count). The van der Waals surface area contributed by atoms with Crippen molar-refractivity contribution in [3.8, 4) is 34.0 Å². The van der Waals surface area contributed by atoms with Crippen LogP contribution in [0, 0.1) is 23.8 Å². The Labute approximate surface area is 256 Å². The molecule has 42 heavy (non-hydrogen) atoms. The summed E-state index contributed by atoms with van der Waals surface area (Å²) in [5.41, 5.74) is 6.78. The van der Waals surface area contributed by atoms with E-state index in [9.17, 15) is 8.78 Å². The second-order valence-corrected chi connectivity index (χ2v) is 9.20. The first-order valence-electron chi connectivity index (χ1n) is 12.8. The van der Waals surface area contributed by atoms with Crippen LogP contribution in [0.1, 0.15) is 0 Å². The third-order valence-corrected chi connectivity index (χ3v) is 6.63. The SMILES string of the molecule is Cn1c(-c2[c-]c(-c3nc4ccccc4n3C)ccc2)nc2ccccc21.Fc1c[c-]c(-c2ccccn2)c(F)c1.[Cl][Ir+2]. The number of benzene rings is 4. The Balaban J connectivity index is 0.000000187. The Morgan fingerprint density at radius 1 is 0.714 bits per heavy atom. The van der Waals surface area contributed by atoms with Gasteiger partial charge in [-0.1, -0.05) is 59.2 Å². The standard InChI is InChI=1S/C22H17N4.C11H6F2N.ClH.Ir/c1-25-19-12-5-3-10-17(19)23-21(25)15-8-7-9-16(14-15)22-24-18-11-4-6-13-20(18)26(22)2;12-8-4-5-9(10(13)7-8)11-3-1-2-6-14-11;;/h3-13H,1-2H3;1-4,6-7H;1H;/q2*-1;;+3/p-1. The van der Waals surface area contributed by atoms with E-state index in [1.807, 2.05) is 68.7 Å². The molecule has 0 amide bonds. The number of imidazole rings is 2. The van der Waals surface area contributed by atoms with Crippen molar-refractivity contribution in [2.45, 2.75) is 0 Å². The number of aromatic nitrogens is 5. The third-order valence-electron chi connectivity index (χ3n) is 6.63. The van der Waals surface area contributed by atoms with Gasteiger partial charge >= 0.3 is 27.5 Å². The molecular weight excluding hydrogens is 732 g/mol. The molecule has 0 N–H and O–H groups in total. The van der Waals surface area contributed by atoms with Gasteiger partial charge in [0, 0.05) is 31.9 Å². The Morgan fingerprint density at radius 2 is 1.26 bits per heavy atom. The van der Waals surface area contributed by atoms with Crippen LogP contribution in [-0.4, -0.2) is 24.1 Å². The molecular formula is C33H23ClF2IrN5. The number of aryl methyl sites for hydroxylation is 2. The summed E-state index contributed by atoms with van der Waals surface area (Å²) in [5.74, 6) is 0.532. The first-order chi connectivity index (χ1) is 20.5. The van der Waals surface area contributed by atoms with E-state index in [4.69, 9.17) is 9.97 Å². The van der Waals surface area contributed by atoms with E-state index < -0.39 is 11.6 Å². The maximum atomic E-state index is 13.2. The summed E-state index contributed by atoms with van der Waals surface area (Å²) < 4.78 is 30.0. The molecule has 210 valence electrons.